The number of carboxylic acid groups (broad SMARTS) is 3. The molecule has 0 aliphatic heterocycles. The SMILES string of the molecule is CC(NC(=O)C(N)CCCN=C(N)N)C(=O)NC(CCC(=O)O)C(=O)NC(CCC(=O)O)C(=O)O. The van der Waals surface area contributed by atoms with E-state index in [1.165, 1.54) is 6.92 Å². The molecule has 0 fully saturated rings. The molecule has 0 bridgehead atoms. The number of nitrogens with two attached hydrogens (primary N) is 3. The lowest BCUT2D eigenvalue weighted by atomic mass is 10.1. The van der Waals surface area contributed by atoms with E-state index in [1.54, 1.807) is 0 Å². The third-order valence-corrected chi connectivity index (χ3v) is 4.60. The normalized spacial score (nSPS) is 13.9. The topological polar surface area (TPSA) is 290 Å². The summed E-state index contributed by atoms with van der Waals surface area (Å²) in [6, 6.07) is -5.18. The molecule has 0 aliphatic rings. The zero-order valence-electron chi connectivity index (χ0n) is 19.2. The van der Waals surface area contributed by atoms with Crippen LogP contribution in [0, 0.1) is 0 Å². The number of hydrogen-bond donors (Lipinski definition) is 9. The van der Waals surface area contributed by atoms with Gasteiger partial charge in [-0.25, -0.2) is 4.79 Å². The first-order chi connectivity index (χ1) is 16.2. The smallest absolute Gasteiger partial charge is 0.326 e. The molecule has 35 heavy (non-hydrogen) atoms. The maximum absolute atomic E-state index is 12.5. The molecular formula is C19H33N7O9. The number of guanidine groups is 1. The quantitative estimate of drug-likeness (QED) is 0.0534. The number of rotatable bonds is 17. The molecule has 16 heteroatoms. The number of aliphatic carboxylic acids is 3. The van der Waals surface area contributed by atoms with Gasteiger partial charge in [0, 0.05) is 19.4 Å². The van der Waals surface area contributed by atoms with Crippen molar-refractivity contribution in [3.05, 3.63) is 0 Å². The Balaban J connectivity index is 5.09. The molecule has 0 aromatic heterocycles. The zero-order chi connectivity index (χ0) is 27.1. The Bertz CT molecular complexity index is 814. The molecule has 0 rings (SSSR count). The van der Waals surface area contributed by atoms with Gasteiger partial charge in [-0.3, -0.25) is 29.0 Å². The fourth-order valence-electron chi connectivity index (χ4n) is 2.67. The van der Waals surface area contributed by atoms with E-state index in [-0.39, 0.29) is 25.3 Å². The highest BCUT2D eigenvalue weighted by Gasteiger charge is 2.29. The predicted octanol–water partition coefficient (Wildman–Crippen LogP) is -3.34. The lowest BCUT2D eigenvalue weighted by Gasteiger charge is -2.23. The van der Waals surface area contributed by atoms with Crippen LogP contribution in [0.15, 0.2) is 4.99 Å². The van der Waals surface area contributed by atoms with Gasteiger partial charge in [-0.1, -0.05) is 0 Å². The molecule has 0 spiro atoms. The molecule has 0 aromatic rings. The van der Waals surface area contributed by atoms with Crippen LogP contribution in [-0.2, 0) is 28.8 Å². The van der Waals surface area contributed by atoms with Crippen molar-refractivity contribution in [2.75, 3.05) is 6.54 Å². The molecule has 4 atom stereocenters. The number of hydrogen-bond acceptors (Lipinski definition) is 8. The fourth-order valence-corrected chi connectivity index (χ4v) is 2.67. The standard InChI is InChI=1S/C19H33N7O9/c1-9(24-16(32)10(20)3-2-8-23-19(21)22)15(31)25-11(4-6-13(27)28)17(33)26-12(18(34)35)5-7-14(29)30/h9-12H,2-8,20H2,1H3,(H,24,32)(H,25,31)(H,26,33)(H,27,28)(H,29,30)(H,34,35)(H4,21,22,23). The van der Waals surface area contributed by atoms with Crippen LogP contribution in [0.1, 0.15) is 45.4 Å². The Labute approximate surface area is 200 Å². The molecule has 4 unspecified atom stereocenters. The monoisotopic (exact) mass is 503 g/mol. The number of carbonyl (C=O) groups is 6. The lowest BCUT2D eigenvalue weighted by Crippen LogP contribution is -2.56. The van der Waals surface area contributed by atoms with Crippen LogP contribution in [0.25, 0.3) is 0 Å². The van der Waals surface area contributed by atoms with Crippen molar-refractivity contribution in [1.29, 1.82) is 0 Å². The lowest BCUT2D eigenvalue weighted by molar-refractivity contribution is -0.144. The van der Waals surface area contributed by atoms with Gasteiger partial charge in [0.05, 0.1) is 6.04 Å². The van der Waals surface area contributed by atoms with E-state index in [0.717, 1.165) is 0 Å². The van der Waals surface area contributed by atoms with E-state index in [4.69, 9.17) is 27.4 Å². The molecule has 0 heterocycles. The summed E-state index contributed by atoms with van der Waals surface area (Å²) in [5, 5.41) is 33.5. The van der Waals surface area contributed by atoms with Crippen molar-refractivity contribution in [3.63, 3.8) is 0 Å². The maximum atomic E-state index is 12.5. The molecular weight excluding hydrogens is 470 g/mol. The Hall–Kier alpha value is -3.95. The van der Waals surface area contributed by atoms with E-state index >= 15 is 0 Å². The minimum atomic E-state index is -1.57. The number of carbonyl (C=O) groups excluding carboxylic acids is 3. The first-order valence-corrected chi connectivity index (χ1v) is 10.6. The molecule has 198 valence electrons. The van der Waals surface area contributed by atoms with Gasteiger partial charge < -0.3 is 48.5 Å². The summed E-state index contributed by atoms with van der Waals surface area (Å²) in [7, 11) is 0. The van der Waals surface area contributed by atoms with E-state index in [1.807, 2.05) is 0 Å². The van der Waals surface area contributed by atoms with Crippen LogP contribution in [-0.4, -0.2) is 87.6 Å². The number of carboxylic acids is 3. The van der Waals surface area contributed by atoms with Gasteiger partial charge in [0.2, 0.25) is 17.7 Å². The van der Waals surface area contributed by atoms with E-state index in [9.17, 15) is 33.9 Å². The molecule has 0 saturated heterocycles. The first kappa shape index (κ1) is 31.0. The van der Waals surface area contributed by atoms with Crippen molar-refractivity contribution in [2.45, 2.75) is 69.6 Å². The third-order valence-electron chi connectivity index (χ3n) is 4.60. The molecule has 3 amide bonds. The van der Waals surface area contributed by atoms with Gasteiger partial charge in [-0.15, -0.1) is 0 Å². The second kappa shape index (κ2) is 15.8. The van der Waals surface area contributed by atoms with Crippen molar-refractivity contribution < 1.29 is 44.1 Å². The zero-order valence-corrected chi connectivity index (χ0v) is 19.2. The van der Waals surface area contributed by atoms with Gasteiger partial charge >= 0.3 is 17.9 Å². The Morgan fingerprint density at radius 2 is 1.29 bits per heavy atom. The largest absolute Gasteiger partial charge is 0.481 e. The number of nitrogens with one attached hydrogen (secondary N) is 3. The molecule has 12 N–H and O–H groups in total. The Morgan fingerprint density at radius 3 is 1.77 bits per heavy atom. The van der Waals surface area contributed by atoms with Crippen LogP contribution in [0.3, 0.4) is 0 Å². The van der Waals surface area contributed by atoms with E-state index in [2.05, 4.69) is 20.9 Å². The highest BCUT2D eigenvalue weighted by Crippen LogP contribution is 2.04. The van der Waals surface area contributed by atoms with Gasteiger partial charge in [-0.2, -0.15) is 0 Å². The minimum Gasteiger partial charge on any atom is -0.481 e. The average Bonchev–Trinajstić information content (AvgIpc) is 2.75. The number of aliphatic imine (C=N–C) groups is 1. The molecule has 16 nitrogen and oxygen atoms in total. The van der Waals surface area contributed by atoms with Crippen LogP contribution in [0.4, 0.5) is 0 Å². The van der Waals surface area contributed by atoms with Crippen LogP contribution < -0.4 is 33.2 Å². The van der Waals surface area contributed by atoms with Crippen molar-refractivity contribution in [3.8, 4) is 0 Å². The number of amides is 3. The highest BCUT2D eigenvalue weighted by atomic mass is 16.4. The summed E-state index contributed by atoms with van der Waals surface area (Å²) in [6.07, 6.45) is -1.28. The second-order valence-corrected chi connectivity index (χ2v) is 7.61. The summed E-state index contributed by atoms with van der Waals surface area (Å²) >= 11 is 0. The molecule has 0 radical (unpaired) electrons. The van der Waals surface area contributed by atoms with Crippen molar-refractivity contribution in [2.24, 2.45) is 22.2 Å². The van der Waals surface area contributed by atoms with Gasteiger partial charge in [0.25, 0.3) is 0 Å². The maximum Gasteiger partial charge on any atom is 0.326 e. The van der Waals surface area contributed by atoms with Crippen LogP contribution >= 0.6 is 0 Å². The van der Waals surface area contributed by atoms with Gasteiger partial charge in [-0.05, 0) is 32.6 Å². The van der Waals surface area contributed by atoms with E-state index < -0.39 is 79.1 Å². The summed E-state index contributed by atoms with van der Waals surface area (Å²) in [5.41, 5.74) is 16.2. The molecule has 0 aromatic carbocycles. The Kier molecular flexibility index (Phi) is 14.0. The van der Waals surface area contributed by atoms with Gasteiger partial charge in [0.15, 0.2) is 5.96 Å². The van der Waals surface area contributed by atoms with Crippen LogP contribution in [0.2, 0.25) is 0 Å². The first-order valence-electron chi connectivity index (χ1n) is 10.6. The molecule has 0 aliphatic carbocycles. The third kappa shape index (κ3) is 14.0. The van der Waals surface area contributed by atoms with Crippen LogP contribution in [0.5, 0.6) is 0 Å². The summed E-state index contributed by atoms with van der Waals surface area (Å²) in [4.78, 5) is 73.9. The number of nitrogens with zero attached hydrogens (tertiary/aromatic N) is 1. The highest BCUT2D eigenvalue weighted by molar-refractivity contribution is 5.94. The Morgan fingerprint density at radius 1 is 0.771 bits per heavy atom. The van der Waals surface area contributed by atoms with Crippen molar-refractivity contribution in [1.82, 2.24) is 16.0 Å². The minimum absolute atomic E-state index is 0.105. The van der Waals surface area contributed by atoms with E-state index in [0.29, 0.717) is 6.42 Å². The fraction of sp³-hybridized carbons (Fsp3) is 0.632. The average molecular weight is 504 g/mol. The summed E-state index contributed by atoms with van der Waals surface area (Å²) < 4.78 is 0. The van der Waals surface area contributed by atoms with Gasteiger partial charge in [0.1, 0.15) is 18.1 Å². The summed E-state index contributed by atoms with van der Waals surface area (Å²) in [5.74, 6) is -6.69. The molecule has 0 saturated carbocycles. The predicted molar refractivity (Wildman–Crippen MR) is 121 cm³/mol. The summed E-state index contributed by atoms with van der Waals surface area (Å²) in [6.45, 7) is 1.56. The van der Waals surface area contributed by atoms with Crippen molar-refractivity contribution >= 4 is 41.6 Å². The second-order valence-electron chi connectivity index (χ2n) is 7.61.